The molecule has 0 heterocycles. The van der Waals surface area contributed by atoms with E-state index in [-0.39, 0.29) is 6.61 Å². The minimum atomic E-state index is -0.160. The van der Waals surface area contributed by atoms with Crippen molar-refractivity contribution in [2.45, 2.75) is 79.2 Å². The third kappa shape index (κ3) is 9.97. The van der Waals surface area contributed by atoms with Crippen LogP contribution in [0.3, 0.4) is 0 Å². The summed E-state index contributed by atoms with van der Waals surface area (Å²) < 4.78 is 5.78. The van der Waals surface area contributed by atoms with Crippen molar-refractivity contribution in [3.8, 4) is 5.75 Å². The first-order valence-corrected chi connectivity index (χ1v) is 9.81. The minimum absolute atomic E-state index is 0.160. The van der Waals surface area contributed by atoms with Gasteiger partial charge in [-0.15, -0.1) is 0 Å². The third-order valence-corrected chi connectivity index (χ3v) is 4.84. The Morgan fingerprint density at radius 1 is 0.792 bits per heavy atom. The molecule has 2 nitrogen and oxygen atoms in total. The van der Waals surface area contributed by atoms with Crippen molar-refractivity contribution in [2.75, 3.05) is 6.61 Å². The zero-order chi connectivity index (χ0) is 17.8. The molecule has 0 saturated heterocycles. The van der Waals surface area contributed by atoms with Crippen molar-refractivity contribution in [1.82, 2.24) is 0 Å². The van der Waals surface area contributed by atoms with Crippen LogP contribution in [0.4, 0.5) is 0 Å². The summed E-state index contributed by atoms with van der Waals surface area (Å²) in [6.07, 6.45) is 9.23. The Balaban J connectivity index is 2.05. The van der Waals surface area contributed by atoms with Crippen LogP contribution in [-0.4, -0.2) is 6.61 Å². The highest BCUT2D eigenvalue weighted by Crippen LogP contribution is 2.21. The molecule has 1 rings (SSSR count). The normalized spacial score (nSPS) is 13.9. The van der Waals surface area contributed by atoms with Gasteiger partial charge in [-0.3, -0.25) is 0 Å². The van der Waals surface area contributed by atoms with Gasteiger partial charge in [-0.05, 0) is 41.9 Å². The molecule has 0 aliphatic heterocycles. The van der Waals surface area contributed by atoms with Gasteiger partial charge >= 0.3 is 0 Å². The van der Waals surface area contributed by atoms with Gasteiger partial charge in [-0.25, -0.2) is 5.11 Å². The monoisotopic (exact) mass is 333 g/mol. The van der Waals surface area contributed by atoms with Gasteiger partial charge in [-0.2, -0.15) is 0 Å². The topological polar surface area (TPSA) is 29.1 Å². The summed E-state index contributed by atoms with van der Waals surface area (Å²) in [7, 11) is 0. The van der Waals surface area contributed by atoms with Crippen LogP contribution >= 0.6 is 0 Å². The van der Waals surface area contributed by atoms with E-state index in [0.29, 0.717) is 5.92 Å². The van der Waals surface area contributed by atoms with E-state index in [1.165, 1.54) is 38.5 Å². The highest BCUT2D eigenvalue weighted by Gasteiger charge is 2.07. The van der Waals surface area contributed by atoms with E-state index >= 15 is 0 Å². The van der Waals surface area contributed by atoms with Crippen LogP contribution in [-0.2, 0) is 11.7 Å². The Hall–Kier alpha value is -1.02. The lowest BCUT2D eigenvalue weighted by atomic mass is 9.93. The molecule has 137 valence electrons. The fourth-order valence-corrected chi connectivity index (χ4v) is 3.04. The summed E-state index contributed by atoms with van der Waals surface area (Å²) in [6, 6.07) is 7.51. The minimum Gasteiger partial charge on any atom is -0.494 e. The lowest BCUT2D eigenvalue weighted by Crippen LogP contribution is -2.05. The van der Waals surface area contributed by atoms with E-state index in [2.05, 4.69) is 27.7 Å². The Bertz CT molecular complexity index is 410. The molecule has 24 heavy (non-hydrogen) atoms. The maximum atomic E-state index is 10.7. The van der Waals surface area contributed by atoms with Crippen LogP contribution in [0, 0.1) is 17.8 Å². The fourth-order valence-electron chi connectivity index (χ4n) is 3.04. The second-order valence-corrected chi connectivity index (χ2v) is 7.89. The molecule has 0 fully saturated rings. The average Bonchev–Trinajstić information content (AvgIpc) is 2.55. The molecule has 0 aromatic heterocycles. The van der Waals surface area contributed by atoms with Gasteiger partial charge in [0, 0.05) is 0 Å². The number of benzene rings is 1. The Morgan fingerprint density at radius 3 is 1.88 bits per heavy atom. The van der Waals surface area contributed by atoms with Gasteiger partial charge in [0.1, 0.15) is 12.4 Å². The molecule has 0 aliphatic carbocycles. The Labute approximate surface area is 149 Å². The SMILES string of the molecule is CC(C)CCCC(C)CCCC(C)CCOc1ccc(C[O])cc1. The lowest BCUT2D eigenvalue weighted by Gasteiger charge is -2.15. The van der Waals surface area contributed by atoms with Crippen molar-refractivity contribution in [1.29, 1.82) is 0 Å². The fraction of sp³-hybridized carbons (Fsp3) is 0.727. The number of rotatable bonds is 13. The molecule has 0 bridgehead atoms. The smallest absolute Gasteiger partial charge is 0.119 e. The van der Waals surface area contributed by atoms with Gasteiger partial charge in [0.2, 0.25) is 0 Å². The average molecular weight is 334 g/mol. The molecule has 0 N–H and O–H groups in total. The first kappa shape index (κ1) is 21.0. The van der Waals surface area contributed by atoms with Gasteiger partial charge in [0.05, 0.1) is 6.61 Å². The van der Waals surface area contributed by atoms with Crippen LogP contribution in [0.2, 0.25) is 0 Å². The van der Waals surface area contributed by atoms with E-state index in [0.717, 1.165) is 36.2 Å². The van der Waals surface area contributed by atoms with E-state index in [1.807, 2.05) is 24.3 Å². The molecule has 0 amide bonds. The Morgan fingerprint density at radius 2 is 1.33 bits per heavy atom. The van der Waals surface area contributed by atoms with Gasteiger partial charge < -0.3 is 4.74 Å². The number of ether oxygens (including phenoxy) is 1. The van der Waals surface area contributed by atoms with E-state index < -0.39 is 0 Å². The highest BCUT2D eigenvalue weighted by molar-refractivity contribution is 5.26. The molecule has 2 heteroatoms. The maximum absolute atomic E-state index is 10.7. The van der Waals surface area contributed by atoms with Crippen LogP contribution in [0.1, 0.15) is 78.2 Å². The molecule has 1 aromatic rings. The summed E-state index contributed by atoms with van der Waals surface area (Å²) in [4.78, 5) is 0. The van der Waals surface area contributed by atoms with Crippen molar-refractivity contribution in [3.63, 3.8) is 0 Å². The van der Waals surface area contributed by atoms with Gasteiger partial charge in [-0.1, -0.05) is 78.4 Å². The van der Waals surface area contributed by atoms with Crippen molar-refractivity contribution in [3.05, 3.63) is 29.8 Å². The van der Waals surface area contributed by atoms with E-state index in [9.17, 15) is 5.11 Å². The molecule has 1 aromatic carbocycles. The van der Waals surface area contributed by atoms with Gasteiger partial charge in [0.25, 0.3) is 0 Å². The molecule has 0 aliphatic rings. The maximum Gasteiger partial charge on any atom is 0.119 e. The first-order chi connectivity index (χ1) is 11.5. The predicted molar refractivity (Wildman–Crippen MR) is 102 cm³/mol. The highest BCUT2D eigenvalue weighted by atomic mass is 16.5. The second-order valence-electron chi connectivity index (χ2n) is 7.89. The van der Waals surface area contributed by atoms with Crippen LogP contribution in [0.5, 0.6) is 5.75 Å². The van der Waals surface area contributed by atoms with Crippen LogP contribution < -0.4 is 4.74 Å². The molecule has 0 spiro atoms. The van der Waals surface area contributed by atoms with E-state index in [4.69, 9.17) is 4.74 Å². The molecule has 2 atom stereocenters. The lowest BCUT2D eigenvalue weighted by molar-refractivity contribution is 0.177. The van der Waals surface area contributed by atoms with Crippen LogP contribution in [0.25, 0.3) is 0 Å². The summed E-state index contributed by atoms with van der Waals surface area (Å²) in [5.41, 5.74) is 0.818. The second kappa shape index (κ2) is 12.4. The van der Waals surface area contributed by atoms with Gasteiger partial charge in [0.15, 0.2) is 0 Å². The van der Waals surface area contributed by atoms with Crippen LogP contribution in [0.15, 0.2) is 24.3 Å². The standard InChI is InChI=1S/C22H37O2/c1-18(2)7-5-8-19(3)9-6-10-20(4)15-16-24-22-13-11-21(17-23)12-14-22/h11-14,18-20H,5-10,15-17H2,1-4H3. The summed E-state index contributed by atoms with van der Waals surface area (Å²) >= 11 is 0. The van der Waals surface area contributed by atoms with Crippen molar-refractivity contribution >= 4 is 0 Å². The van der Waals surface area contributed by atoms with Crippen molar-refractivity contribution in [2.24, 2.45) is 17.8 Å². The number of hydrogen-bond acceptors (Lipinski definition) is 1. The third-order valence-electron chi connectivity index (χ3n) is 4.84. The van der Waals surface area contributed by atoms with Crippen molar-refractivity contribution < 1.29 is 9.84 Å². The molecule has 0 saturated carbocycles. The quantitative estimate of drug-likeness (QED) is 0.397. The summed E-state index contributed by atoms with van der Waals surface area (Å²) in [5.74, 6) is 3.30. The zero-order valence-electron chi connectivity index (χ0n) is 16.2. The molecule has 1 radical (unpaired) electrons. The Kier molecular flexibility index (Phi) is 10.8. The zero-order valence-corrected chi connectivity index (χ0v) is 16.2. The number of hydrogen-bond donors (Lipinski definition) is 0. The molecular formula is C22H37O2. The summed E-state index contributed by atoms with van der Waals surface area (Å²) in [5, 5.41) is 10.7. The first-order valence-electron chi connectivity index (χ1n) is 9.81. The molecule has 2 unspecified atom stereocenters. The predicted octanol–water partition coefficient (Wildman–Crippen LogP) is 6.65. The van der Waals surface area contributed by atoms with E-state index in [1.54, 1.807) is 0 Å². The summed E-state index contributed by atoms with van der Waals surface area (Å²) in [6.45, 7) is 9.96. The molecular weight excluding hydrogens is 296 g/mol. The largest absolute Gasteiger partial charge is 0.494 e.